The standard InChI is InChI=1S/C16H20ClFN2O/c1-20(12-7-10-5-6-11(8-12)19-10)16(21)9-13-14(17)3-2-4-15(13)18/h2-4,10-12,19H,5-9H2,1H3. The number of carbonyl (C=O) groups excluding carboxylic acids is 1. The summed E-state index contributed by atoms with van der Waals surface area (Å²) in [6, 6.07) is 5.83. The van der Waals surface area contributed by atoms with Crippen molar-refractivity contribution in [2.45, 2.75) is 50.2 Å². The van der Waals surface area contributed by atoms with Crippen molar-refractivity contribution >= 4 is 17.5 Å². The second-order valence-electron chi connectivity index (χ2n) is 6.14. The minimum atomic E-state index is -0.408. The van der Waals surface area contributed by atoms with Gasteiger partial charge in [-0.15, -0.1) is 0 Å². The first-order valence-electron chi connectivity index (χ1n) is 7.49. The van der Waals surface area contributed by atoms with Crippen LogP contribution in [0.4, 0.5) is 4.39 Å². The van der Waals surface area contributed by atoms with Crippen molar-refractivity contribution in [3.63, 3.8) is 0 Å². The highest BCUT2D eigenvalue weighted by Crippen LogP contribution is 2.30. The summed E-state index contributed by atoms with van der Waals surface area (Å²) in [5.74, 6) is -0.470. The van der Waals surface area contributed by atoms with Gasteiger partial charge in [-0.25, -0.2) is 4.39 Å². The van der Waals surface area contributed by atoms with Gasteiger partial charge in [-0.3, -0.25) is 4.79 Å². The Morgan fingerprint density at radius 2 is 2.05 bits per heavy atom. The van der Waals surface area contributed by atoms with E-state index in [4.69, 9.17) is 11.6 Å². The van der Waals surface area contributed by atoms with Crippen molar-refractivity contribution in [3.8, 4) is 0 Å². The number of benzene rings is 1. The van der Waals surface area contributed by atoms with Crippen molar-refractivity contribution < 1.29 is 9.18 Å². The van der Waals surface area contributed by atoms with Crippen molar-refractivity contribution in [3.05, 3.63) is 34.6 Å². The Bertz CT molecular complexity index is 519. The number of fused-ring (bicyclic) bond motifs is 2. The summed E-state index contributed by atoms with van der Waals surface area (Å²) in [7, 11) is 1.83. The maximum absolute atomic E-state index is 13.8. The molecule has 5 heteroatoms. The predicted molar refractivity (Wildman–Crippen MR) is 80.9 cm³/mol. The van der Waals surface area contributed by atoms with E-state index in [1.54, 1.807) is 17.0 Å². The Morgan fingerprint density at radius 1 is 1.38 bits per heavy atom. The first-order chi connectivity index (χ1) is 10.0. The molecule has 0 spiro atoms. The molecule has 1 N–H and O–H groups in total. The zero-order chi connectivity index (χ0) is 15.0. The number of rotatable bonds is 3. The molecule has 0 aliphatic carbocycles. The molecule has 2 aliphatic heterocycles. The largest absolute Gasteiger partial charge is 0.342 e. The smallest absolute Gasteiger partial charge is 0.227 e. The minimum Gasteiger partial charge on any atom is -0.342 e. The molecule has 1 aromatic carbocycles. The third kappa shape index (κ3) is 3.06. The van der Waals surface area contributed by atoms with E-state index in [0.29, 0.717) is 22.7 Å². The molecule has 0 aromatic heterocycles. The van der Waals surface area contributed by atoms with Gasteiger partial charge in [-0.1, -0.05) is 17.7 Å². The number of carbonyl (C=O) groups is 1. The van der Waals surface area contributed by atoms with Crippen LogP contribution in [0.5, 0.6) is 0 Å². The van der Waals surface area contributed by atoms with Crippen molar-refractivity contribution in [1.82, 2.24) is 10.2 Å². The van der Waals surface area contributed by atoms with Gasteiger partial charge < -0.3 is 10.2 Å². The van der Waals surface area contributed by atoms with Gasteiger partial charge in [0.2, 0.25) is 5.91 Å². The van der Waals surface area contributed by atoms with Gasteiger partial charge in [0.15, 0.2) is 0 Å². The Kier molecular flexibility index (Phi) is 4.18. The third-order valence-corrected chi connectivity index (χ3v) is 5.13. The molecule has 3 nitrogen and oxygen atoms in total. The van der Waals surface area contributed by atoms with E-state index in [0.717, 1.165) is 12.8 Å². The van der Waals surface area contributed by atoms with Crippen LogP contribution < -0.4 is 5.32 Å². The van der Waals surface area contributed by atoms with Crippen LogP contribution >= 0.6 is 11.6 Å². The average molecular weight is 311 g/mol. The molecule has 0 radical (unpaired) electrons. The zero-order valence-corrected chi connectivity index (χ0v) is 12.9. The van der Waals surface area contributed by atoms with Crippen LogP contribution in [0.3, 0.4) is 0 Å². The van der Waals surface area contributed by atoms with Gasteiger partial charge in [-0.05, 0) is 37.8 Å². The Labute approximate surface area is 129 Å². The maximum atomic E-state index is 13.8. The predicted octanol–water partition coefficient (Wildman–Crippen LogP) is 2.76. The summed E-state index contributed by atoms with van der Waals surface area (Å²) < 4.78 is 13.8. The van der Waals surface area contributed by atoms with E-state index in [-0.39, 0.29) is 18.4 Å². The number of hydrogen-bond donors (Lipinski definition) is 1. The molecule has 1 amide bonds. The van der Waals surface area contributed by atoms with E-state index >= 15 is 0 Å². The summed E-state index contributed by atoms with van der Waals surface area (Å²) >= 11 is 6.00. The highest BCUT2D eigenvalue weighted by molar-refractivity contribution is 6.31. The normalized spacial score (nSPS) is 27.7. The number of halogens is 2. The third-order valence-electron chi connectivity index (χ3n) is 4.78. The summed E-state index contributed by atoms with van der Waals surface area (Å²) in [6.45, 7) is 0. The molecule has 2 atom stereocenters. The Hall–Kier alpha value is -1.13. The SMILES string of the molecule is CN(C(=O)Cc1c(F)cccc1Cl)C1CC2CCC(C1)N2. The molecular weight excluding hydrogens is 291 g/mol. The van der Waals surface area contributed by atoms with Crippen LogP contribution in [0.2, 0.25) is 5.02 Å². The van der Waals surface area contributed by atoms with Gasteiger partial charge in [0.1, 0.15) is 5.82 Å². The van der Waals surface area contributed by atoms with E-state index < -0.39 is 5.82 Å². The molecule has 1 aromatic rings. The number of hydrogen-bond acceptors (Lipinski definition) is 2. The second-order valence-corrected chi connectivity index (χ2v) is 6.55. The summed E-state index contributed by atoms with van der Waals surface area (Å²) in [4.78, 5) is 14.2. The number of piperidine rings is 1. The molecule has 2 unspecified atom stereocenters. The monoisotopic (exact) mass is 310 g/mol. The van der Waals surface area contributed by atoms with Gasteiger partial charge in [0.25, 0.3) is 0 Å². The topological polar surface area (TPSA) is 32.3 Å². The van der Waals surface area contributed by atoms with Gasteiger partial charge in [0, 0.05) is 35.8 Å². The maximum Gasteiger partial charge on any atom is 0.227 e. The van der Waals surface area contributed by atoms with Crippen LogP contribution in [-0.2, 0) is 11.2 Å². The molecule has 2 fully saturated rings. The molecule has 2 heterocycles. The number of nitrogens with one attached hydrogen (secondary N) is 1. The van der Waals surface area contributed by atoms with Crippen LogP contribution in [0.15, 0.2) is 18.2 Å². The van der Waals surface area contributed by atoms with E-state index in [1.165, 1.54) is 18.9 Å². The first kappa shape index (κ1) is 14.8. The fourth-order valence-electron chi connectivity index (χ4n) is 3.52. The number of amides is 1. The highest BCUT2D eigenvalue weighted by atomic mass is 35.5. The zero-order valence-electron chi connectivity index (χ0n) is 12.1. The van der Waals surface area contributed by atoms with Crippen LogP contribution in [-0.4, -0.2) is 36.0 Å². The number of nitrogens with zero attached hydrogens (tertiary/aromatic N) is 1. The summed E-state index contributed by atoms with van der Waals surface area (Å²) in [5.41, 5.74) is 0.299. The number of likely N-dealkylation sites (N-methyl/N-ethyl adjacent to an activating group) is 1. The Morgan fingerprint density at radius 3 is 2.67 bits per heavy atom. The molecule has 2 saturated heterocycles. The molecule has 0 saturated carbocycles. The lowest BCUT2D eigenvalue weighted by Gasteiger charge is -2.35. The molecule has 3 rings (SSSR count). The fourth-order valence-corrected chi connectivity index (χ4v) is 3.75. The van der Waals surface area contributed by atoms with Crippen molar-refractivity contribution in [1.29, 1.82) is 0 Å². The van der Waals surface area contributed by atoms with Crippen LogP contribution in [0.1, 0.15) is 31.2 Å². The van der Waals surface area contributed by atoms with E-state index in [9.17, 15) is 9.18 Å². The second kappa shape index (κ2) is 5.93. The van der Waals surface area contributed by atoms with Crippen LogP contribution in [0, 0.1) is 5.82 Å². The molecule has 114 valence electrons. The van der Waals surface area contributed by atoms with Crippen molar-refractivity contribution in [2.75, 3.05) is 7.05 Å². The van der Waals surface area contributed by atoms with Gasteiger partial charge >= 0.3 is 0 Å². The molecule has 2 bridgehead atoms. The molecule has 21 heavy (non-hydrogen) atoms. The lowest BCUT2D eigenvalue weighted by molar-refractivity contribution is -0.132. The van der Waals surface area contributed by atoms with E-state index in [2.05, 4.69) is 5.32 Å². The fraction of sp³-hybridized carbons (Fsp3) is 0.562. The first-order valence-corrected chi connectivity index (χ1v) is 7.87. The lowest BCUT2D eigenvalue weighted by atomic mass is 9.98. The molecule has 2 aliphatic rings. The highest BCUT2D eigenvalue weighted by Gasteiger charge is 2.36. The summed E-state index contributed by atoms with van der Waals surface area (Å²) in [5, 5.41) is 3.88. The molecular formula is C16H20ClFN2O. The Balaban J connectivity index is 1.67. The van der Waals surface area contributed by atoms with Crippen LogP contribution in [0.25, 0.3) is 0 Å². The van der Waals surface area contributed by atoms with E-state index in [1.807, 2.05) is 7.05 Å². The minimum absolute atomic E-state index is 0.0290. The lowest BCUT2D eigenvalue weighted by Crippen LogP contribution is -2.49. The van der Waals surface area contributed by atoms with Crippen molar-refractivity contribution in [2.24, 2.45) is 0 Å². The van der Waals surface area contributed by atoms with Gasteiger partial charge in [0.05, 0.1) is 6.42 Å². The van der Waals surface area contributed by atoms with Gasteiger partial charge in [-0.2, -0.15) is 0 Å². The quantitative estimate of drug-likeness (QED) is 0.931. The summed E-state index contributed by atoms with van der Waals surface area (Å²) in [6.07, 6.45) is 4.40. The average Bonchev–Trinajstić information content (AvgIpc) is 2.80.